The van der Waals surface area contributed by atoms with Crippen LogP contribution in [0.4, 0.5) is 5.69 Å². The van der Waals surface area contributed by atoms with Gasteiger partial charge >= 0.3 is 0 Å². The molecule has 0 aliphatic carbocycles. The fourth-order valence-corrected chi connectivity index (χ4v) is 3.21. The van der Waals surface area contributed by atoms with Gasteiger partial charge < -0.3 is 10.5 Å². The summed E-state index contributed by atoms with van der Waals surface area (Å²) in [5, 5.41) is 0. The number of benzene rings is 2. The quantitative estimate of drug-likeness (QED) is 0.733. The molecule has 2 aromatic rings. The zero-order valence-corrected chi connectivity index (χ0v) is 15.0. The van der Waals surface area contributed by atoms with Crippen molar-refractivity contribution in [2.45, 2.75) is 53.1 Å². The Bertz CT molecular complexity index is 618. The molecule has 0 saturated heterocycles. The monoisotopic (exact) mass is 311 g/mol. The van der Waals surface area contributed by atoms with Gasteiger partial charge in [0, 0.05) is 5.69 Å². The van der Waals surface area contributed by atoms with E-state index in [1.807, 2.05) is 24.3 Å². The van der Waals surface area contributed by atoms with Crippen molar-refractivity contribution in [1.29, 1.82) is 0 Å². The molecule has 124 valence electrons. The van der Waals surface area contributed by atoms with E-state index >= 15 is 0 Å². The van der Waals surface area contributed by atoms with E-state index in [1.54, 1.807) is 0 Å². The van der Waals surface area contributed by atoms with Crippen LogP contribution in [-0.4, -0.2) is 0 Å². The van der Waals surface area contributed by atoms with Crippen molar-refractivity contribution >= 4 is 5.69 Å². The van der Waals surface area contributed by atoms with Gasteiger partial charge in [-0.25, -0.2) is 0 Å². The number of rotatable bonds is 5. The third-order valence-electron chi connectivity index (χ3n) is 3.99. The van der Waals surface area contributed by atoms with Crippen molar-refractivity contribution in [1.82, 2.24) is 0 Å². The second kappa shape index (κ2) is 6.66. The topological polar surface area (TPSA) is 35.2 Å². The highest BCUT2D eigenvalue weighted by Crippen LogP contribution is 2.36. The number of nitrogens with two attached hydrogens (primary N) is 1. The summed E-state index contributed by atoms with van der Waals surface area (Å²) in [4.78, 5) is 0. The summed E-state index contributed by atoms with van der Waals surface area (Å²) in [5.74, 6) is 0.900. The number of nitrogen functional groups attached to an aromatic ring is 1. The molecule has 0 radical (unpaired) electrons. The van der Waals surface area contributed by atoms with E-state index in [1.165, 1.54) is 5.56 Å². The molecule has 0 heterocycles. The average molecular weight is 311 g/mol. The maximum atomic E-state index is 5.86. The highest BCUT2D eigenvalue weighted by molar-refractivity contribution is 5.39. The summed E-state index contributed by atoms with van der Waals surface area (Å²) in [6.45, 7) is 12.0. The minimum absolute atomic E-state index is 0.160. The predicted molar refractivity (Wildman–Crippen MR) is 98.7 cm³/mol. The van der Waals surface area contributed by atoms with E-state index in [4.69, 9.17) is 10.5 Å². The number of anilines is 1. The Kier molecular flexibility index (Phi) is 5.03. The van der Waals surface area contributed by atoms with Gasteiger partial charge in [-0.1, -0.05) is 58.9 Å². The molecular formula is C21H29NO. The number of ether oxygens (including phenoxy) is 1. The first-order valence-corrected chi connectivity index (χ1v) is 8.23. The van der Waals surface area contributed by atoms with Crippen LogP contribution < -0.4 is 10.5 Å². The van der Waals surface area contributed by atoms with Crippen LogP contribution in [0.15, 0.2) is 48.5 Å². The summed E-state index contributed by atoms with van der Waals surface area (Å²) < 4.78 is 5.86. The summed E-state index contributed by atoms with van der Waals surface area (Å²) >= 11 is 0. The molecule has 2 N–H and O–H groups in total. The van der Waals surface area contributed by atoms with Gasteiger partial charge in [-0.15, -0.1) is 0 Å². The molecule has 0 amide bonds. The van der Waals surface area contributed by atoms with Crippen molar-refractivity contribution < 1.29 is 4.74 Å². The molecular weight excluding hydrogens is 282 g/mol. The van der Waals surface area contributed by atoms with Crippen molar-refractivity contribution in [3.8, 4) is 5.75 Å². The second-order valence-electron chi connectivity index (χ2n) is 8.18. The van der Waals surface area contributed by atoms with E-state index in [0.717, 1.165) is 23.4 Å². The lowest BCUT2D eigenvalue weighted by atomic mass is 9.72. The average Bonchev–Trinajstić information content (AvgIpc) is 2.45. The van der Waals surface area contributed by atoms with Crippen molar-refractivity contribution in [2.75, 3.05) is 5.73 Å². The van der Waals surface area contributed by atoms with Crippen molar-refractivity contribution in [3.05, 3.63) is 59.7 Å². The lowest BCUT2D eigenvalue weighted by Crippen LogP contribution is -2.24. The Balaban J connectivity index is 2.00. The van der Waals surface area contributed by atoms with E-state index in [2.05, 4.69) is 58.9 Å². The van der Waals surface area contributed by atoms with Gasteiger partial charge in [0.15, 0.2) is 0 Å². The van der Waals surface area contributed by atoms with Gasteiger partial charge in [0.25, 0.3) is 0 Å². The van der Waals surface area contributed by atoms with Crippen LogP contribution in [-0.2, 0) is 12.0 Å². The molecule has 0 atom stereocenters. The Morgan fingerprint density at radius 3 is 1.91 bits per heavy atom. The summed E-state index contributed by atoms with van der Waals surface area (Å²) in [7, 11) is 0. The molecule has 2 aromatic carbocycles. The molecule has 2 rings (SSSR count). The van der Waals surface area contributed by atoms with Gasteiger partial charge in [0.05, 0.1) is 0 Å². The van der Waals surface area contributed by atoms with Gasteiger partial charge in [0.1, 0.15) is 12.4 Å². The Labute approximate surface area is 140 Å². The van der Waals surface area contributed by atoms with Gasteiger partial charge in [-0.3, -0.25) is 0 Å². The highest BCUT2D eigenvalue weighted by Gasteiger charge is 2.27. The molecule has 23 heavy (non-hydrogen) atoms. The summed E-state index contributed by atoms with van der Waals surface area (Å²) in [5.41, 5.74) is 9.42. The number of hydrogen-bond donors (Lipinski definition) is 1. The molecule has 0 aliphatic heterocycles. The number of hydrogen-bond acceptors (Lipinski definition) is 2. The smallest absolute Gasteiger partial charge is 0.119 e. The Morgan fingerprint density at radius 1 is 0.826 bits per heavy atom. The molecule has 2 nitrogen and oxygen atoms in total. The first kappa shape index (κ1) is 17.4. The maximum absolute atomic E-state index is 5.86. The van der Waals surface area contributed by atoms with Crippen LogP contribution in [0.2, 0.25) is 0 Å². The Morgan fingerprint density at radius 2 is 1.39 bits per heavy atom. The fraction of sp³-hybridized carbons (Fsp3) is 0.429. The van der Waals surface area contributed by atoms with Crippen molar-refractivity contribution in [2.24, 2.45) is 5.41 Å². The van der Waals surface area contributed by atoms with Crippen LogP contribution >= 0.6 is 0 Å². The summed E-state index contributed by atoms with van der Waals surface area (Å²) in [6.07, 6.45) is 1.14. The first-order valence-electron chi connectivity index (χ1n) is 8.23. The van der Waals surface area contributed by atoms with E-state index in [-0.39, 0.29) is 5.41 Å². The molecule has 0 aromatic heterocycles. The fourth-order valence-electron chi connectivity index (χ4n) is 3.21. The molecule has 2 heteroatoms. The predicted octanol–water partition coefficient (Wildman–Crippen LogP) is 5.56. The van der Waals surface area contributed by atoms with Gasteiger partial charge in [0.2, 0.25) is 0 Å². The van der Waals surface area contributed by atoms with Gasteiger partial charge in [-0.2, -0.15) is 0 Å². The minimum Gasteiger partial charge on any atom is -0.489 e. The van der Waals surface area contributed by atoms with E-state index in [9.17, 15) is 0 Å². The van der Waals surface area contributed by atoms with Crippen LogP contribution in [0.1, 0.15) is 52.2 Å². The molecule has 0 unspecified atom stereocenters. The molecule has 0 fully saturated rings. The van der Waals surface area contributed by atoms with Crippen LogP contribution in [0.3, 0.4) is 0 Å². The normalized spacial score (nSPS) is 12.2. The largest absolute Gasteiger partial charge is 0.489 e. The zero-order chi connectivity index (χ0) is 17.1. The van der Waals surface area contributed by atoms with Crippen LogP contribution in [0, 0.1) is 5.41 Å². The maximum Gasteiger partial charge on any atom is 0.119 e. The zero-order valence-electron chi connectivity index (χ0n) is 15.0. The molecule has 0 saturated carbocycles. The van der Waals surface area contributed by atoms with E-state index < -0.39 is 0 Å². The van der Waals surface area contributed by atoms with Crippen LogP contribution in [0.25, 0.3) is 0 Å². The van der Waals surface area contributed by atoms with Gasteiger partial charge in [-0.05, 0) is 52.6 Å². The lowest BCUT2D eigenvalue weighted by Gasteiger charge is -2.33. The lowest BCUT2D eigenvalue weighted by molar-refractivity contribution is 0.283. The van der Waals surface area contributed by atoms with Crippen molar-refractivity contribution in [3.63, 3.8) is 0 Å². The molecule has 0 spiro atoms. The summed E-state index contributed by atoms with van der Waals surface area (Å²) in [6, 6.07) is 16.3. The second-order valence-corrected chi connectivity index (χ2v) is 8.18. The van der Waals surface area contributed by atoms with E-state index in [0.29, 0.717) is 12.0 Å². The standard InChI is InChI=1S/C21H29NO/c1-20(2,3)15-21(4,5)17-8-12-19(13-9-17)23-14-16-6-10-18(22)11-7-16/h6-13H,14-15,22H2,1-5H3. The Hall–Kier alpha value is -1.96. The highest BCUT2D eigenvalue weighted by atomic mass is 16.5. The molecule has 0 bridgehead atoms. The third kappa shape index (κ3) is 5.31. The minimum atomic E-state index is 0.160. The third-order valence-corrected chi connectivity index (χ3v) is 3.99. The SMILES string of the molecule is CC(C)(C)CC(C)(C)c1ccc(OCc2ccc(N)cc2)cc1. The van der Waals surface area contributed by atoms with Crippen LogP contribution in [0.5, 0.6) is 5.75 Å². The first-order chi connectivity index (χ1) is 10.7. The molecule has 0 aliphatic rings.